The van der Waals surface area contributed by atoms with Crippen LogP contribution in [0.15, 0.2) is 24.3 Å². The fourth-order valence-corrected chi connectivity index (χ4v) is 1.65. The van der Waals surface area contributed by atoms with E-state index < -0.39 is 42.3 Å². The molecule has 2 N–H and O–H groups in total. The Morgan fingerprint density at radius 3 is 2.43 bits per heavy atom. The number of anilines is 1. The van der Waals surface area contributed by atoms with Crippen molar-refractivity contribution in [2.45, 2.75) is 19.3 Å². The standard InChI is InChI=1S/C13H15F2NO4.K/c1-13(14,15)9-4-2-3-5-10(9)16-12(20)8(7-17)6-11(18)19;/h2-5,8,17H,6-7H2,1H3,(H,16,20)(H,18,19);/q;+1/p-1. The summed E-state index contributed by atoms with van der Waals surface area (Å²) >= 11 is 0. The number of carbonyl (C=O) groups is 2. The van der Waals surface area contributed by atoms with Gasteiger partial charge >= 0.3 is 51.4 Å². The third kappa shape index (κ3) is 6.49. The number of amides is 1. The molecule has 0 aliphatic carbocycles. The number of aliphatic hydroxyl groups excluding tert-OH is 1. The van der Waals surface area contributed by atoms with Gasteiger partial charge in [-0.1, -0.05) is 18.2 Å². The van der Waals surface area contributed by atoms with Crippen LogP contribution in [0.1, 0.15) is 18.9 Å². The maximum Gasteiger partial charge on any atom is 1.00 e. The average Bonchev–Trinajstić information content (AvgIpc) is 2.34. The van der Waals surface area contributed by atoms with Gasteiger partial charge in [0.1, 0.15) is 0 Å². The molecule has 8 heteroatoms. The first-order chi connectivity index (χ1) is 9.25. The van der Waals surface area contributed by atoms with Crippen LogP contribution in [0.25, 0.3) is 0 Å². The third-order valence-electron chi connectivity index (χ3n) is 2.66. The predicted octanol–water partition coefficient (Wildman–Crippen LogP) is -2.51. The quantitative estimate of drug-likeness (QED) is 0.566. The van der Waals surface area contributed by atoms with Crippen LogP contribution in [0.4, 0.5) is 14.5 Å². The van der Waals surface area contributed by atoms with Crippen LogP contribution < -0.4 is 61.8 Å². The molecule has 110 valence electrons. The van der Waals surface area contributed by atoms with Gasteiger partial charge in [-0.05, 0) is 6.07 Å². The van der Waals surface area contributed by atoms with Crippen molar-refractivity contribution in [3.05, 3.63) is 29.8 Å². The van der Waals surface area contributed by atoms with Gasteiger partial charge in [0.2, 0.25) is 5.91 Å². The molecule has 1 amide bonds. The smallest absolute Gasteiger partial charge is 0.550 e. The molecule has 0 aliphatic heterocycles. The van der Waals surface area contributed by atoms with Crippen LogP contribution in [0, 0.1) is 5.92 Å². The van der Waals surface area contributed by atoms with Crippen LogP contribution in [-0.4, -0.2) is 23.6 Å². The number of aliphatic carboxylic acids is 1. The van der Waals surface area contributed by atoms with Crippen LogP contribution >= 0.6 is 0 Å². The molecule has 5 nitrogen and oxygen atoms in total. The maximum absolute atomic E-state index is 13.4. The van der Waals surface area contributed by atoms with Gasteiger partial charge in [0, 0.05) is 30.6 Å². The van der Waals surface area contributed by atoms with E-state index in [1.165, 1.54) is 18.2 Å². The van der Waals surface area contributed by atoms with Crippen molar-refractivity contribution in [1.29, 1.82) is 0 Å². The molecule has 0 saturated carbocycles. The zero-order valence-corrected chi connectivity index (χ0v) is 14.9. The molecule has 0 saturated heterocycles. The molecule has 0 bridgehead atoms. The number of carboxylic acids is 1. The number of carbonyl (C=O) groups excluding carboxylic acids is 2. The number of nitrogens with one attached hydrogen (secondary N) is 1. The summed E-state index contributed by atoms with van der Waals surface area (Å²) in [4.78, 5) is 22.2. The van der Waals surface area contributed by atoms with Gasteiger partial charge in [-0.3, -0.25) is 4.79 Å². The molecular weight excluding hydrogens is 311 g/mol. The van der Waals surface area contributed by atoms with E-state index in [2.05, 4.69) is 5.32 Å². The Morgan fingerprint density at radius 1 is 1.38 bits per heavy atom. The Kier molecular flexibility index (Phi) is 8.75. The molecule has 0 spiro atoms. The zero-order chi connectivity index (χ0) is 15.3. The van der Waals surface area contributed by atoms with Crippen molar-refractivity contribution in [3.8, 4) is 0 Å². The first-order valence-electron chi connectivity index (χ1n) is 5.84. The molecule has 0 heterocycles. The number of rotatable bonds is 6. The van der Waals surface area contributed by atoms with Crippen LogP contribution in [0.3, 0.4) is 0 Å². The molecule has 1 aromatic rings. The Bertz CT molecular complexity index is 505. The summed E-state index contributed by atoms with van der Waals surface area (Å²) < 4.78 is 26.7. The Morgan fingerprint density at radius 2 is 1.95 bits per heavy atom. The van der Waals surface area contributed by atoms with Crippen molar-refractivity contribution in [1.82, 2.24) is 0 Å². The second kappa shape index (κ2) is 8.91. The molecule has 0 fully saturated rings. The number of aliphatic hydroxyl groups is 1. The van der Waals surface area contributed by atoms with Gasteiger partial charge < -0.3 is 20.3 Å². The first-order valence-corrected chi connectivity index (χ1v) is 5.84. The van der Waals surface area contributed by atoms with Gasteiger partial charge in [-0.15, -0.1) is 0 Å². The largest absolute Gasteiger partial charge is 1.00 e. The minimum atomic E-state index is -3.16. The minimum Gasteiger partial charge on any atom is -0.550 e. The number of benzene rings is 1. The van der Waals surface area contributed by atoms with Crippen LogP contribution in [0.2, 0.25) is 0 Å². The average molecular weight is 325 g/mol. The predicted molar refractivity (Wildman–Crippen MR) is 64.8 cm³/mol. The molecule has 1 aromatic carbocycles. The van der Waals surface area contributed by atoms with E-state index in [9.17, 15) is 23.5 Å². The Balaban J connectivity index is 0.00000400. The molecule has 0 aliphatic rings. The van der Waals surface area contributed by atoms with Gasteiger partial charge in [0.05, 0.1) is 12.5 Å². The Labute approximate surface area is 163 Å². The summed E-state index contributed by atoms with van der Waals surface area (Å²) in [7, 11) is 0. The molecule has 1 rings (SSSR count). The fourth-order valence-electron chi connectivity index (χ4n) is 1.65. The first kappa shape index (κ1) is 20.6. The van der Waals surface area contributed by atoms with E-state index in [1.807, 2.05) is 0 Å². The monoisotopic (exact) mass is 325 g/mol. The van der Waals surface area contributed by atoms with E-state index in [0.29, 0.717) is 6.92 Å². The summed E-state index contributed by atoms with van der Waals surface area (Å²) in [5.74, 6) is -6.77. The van der Waals surface area contributed by atoms with Gasteiger partial charge in [0.25, 0.3) is 5.92 Å². The Hall–Kier alpha value is -0.384. The summed E-state index contributed by atoms with van der Waals surface area (Å²) in [6.45, 7) is -0.0345. The van der Waals surface area contributed by atoms with E-state index >= 15 is 0 Å². The molecule has 0 aromatic heterocycles. The number of alkyl halides is 2. The van der Waals surface area contributed by atoms with Crippen molar-refractivity contribution in [3.63, 3.8) is 0 Å². The van der Waals surface area contributed by atoms with Crippen molar-refractivity contribution in [2.75, 3.05) is 11.9 Å². The number of halogens is 2. The number of hydrogen-bond acceptors (Lipinski definition) is 4. The number of para-hydroxylation sites is 1. The fraction of sp³-hybridized carbons (Fsp3) is 0.385. The number of hydrogen-bond donors (Lipinski definition) is 2. The summed E-state index contributed by atoms with van der Waals surface area (Å²) in [6, 6.07) is 5.28. The van der Waals surface area contributed by atoms with Crippen LogP contribution in [0.5, 0.6) is 0 Å². The number of carboxylic acid groups (broad SMARTS) is 1. The zero-order valence-electron chi connectivity index (χ0n) is 11.7. The summed E-state index contributed by atoms with van der Waals surface area (Å²) in [5, 5.41) is 21.6. The second-order valence-corrected chi connectivity index (χ2v) is 4.38. The summed E-state index contributed by atoms with van der Waals surface area (Å²) in [5.41, 5.74) is -0.514. The third-order valence-corrected chi connectivity index (χ3v) is 2.66. The van der Waals surface area contributed by atoms with Gasteiger partial charge in [0.15, 0.2) is 0 Å². The second-order valence-electron chi connectivity index (χ2n) is 4.38. The molecule has 0 radical (unpaired) electrons. The topological polar surface area (TPSA) is 89.5 Å². The molecule has 1 atom stereocenters. The molecular formula is C13H14F2KNO4. The van der Waals surface area contributed by atoms with Crippen molar-refractivity contribution in [2.24, 2.45) is 5.92 Å². The van der Waals surface area contributed by atoms with E-state index in [4.69, 9.17) is 5.11 Å². The normalized spacial score (nSPS) is 12.2. The van der Waals surface area contributed by atoms with E-state index in [-0.39, 0.29) is 57.1 Å². The maximum atomic E-state index is 13.4. The molecule has 1 unspecified atom stereocenters. The SMILES string of the molecule is CC(F)(F)c1ccccc1NC(=O)C(CO)CC(=O)[O-].[K+]. The van der Waals surface area contributed by atoms with Crippen LogP contribution in [-0.2, 0) is 15.5 Å². The van der Waals surface area contributed by atoms with Crippen molar-refractivity contribution < 1.29 is 80.0 Å². The summed E-state index contributed by atoms with van der Waals surface area (Å²) in [6.07, 6.45) is -0.687. The molecule has 21 heavy (non-hydrogen) atoms. The van der Waals surface area contributed by atoms with Gasteiger partial charge in [-0.25, -0.2) is 8.78 Å². The van der Waals surface area contributed by atoms with E-state index in [1.54, 1.807) is 0 Å². The van der Waals surface area contributed by atoms with E-state index in [0.717, 1.165) is 6.07 Å². The van der Waals surface area contributed by atoms with Gasteiger partial charge in [-0.2, -0.15) is 0 Å². The van der Waals surface area contributed by atoms with Crippen molar-refractivity contribution >= 4 is 17.6 Å². The minimum absolute atomic E-state index is 0.